The topological polar surface area (TPSA) is 62.5 Å². The number of hydrogen-bond donors (Lipinski definition) is 1. The van der Waals surface area contributed by atoms with E-state index in [1.54, 1.807) is 10.7 Å². The molecule has 2 aromatic heterocycles. The summed E-state index contributed by atoms with van der Waals surface area (Å²) in [5.41, 5.74) is 1.94. The molecular formula is C18H25N5O. The molecule has 0 radical (unpaired) electrons. The number of nitrogens with one attached hydrogen (secondary N) is 1. The number of carbonyl (C=O) groups is 1. The molecule has 6 nitrogen and oxygen atoms in total. The van der Waals surface area contributed by atoms with Crippen LogP contribution in [0.15, 0.2) is 24.7 Å². The number of rotatable bonds is 2. The first-order chi connectivity index (χ1) is 11.6. The monoisotopic (exact) mass is 327 g/mol. The molecule has 2 fully saturated rings. The van der Waals surface area contributed by atoms with Crippen molar-refractivity contribution >= 4 is 11.6 Å². The van der Waals surface area contributed by atoms with Gasteiger partial charge in [0.1, 0.15) is 6.33 Å². The zero-order chi connectivity index (χ0) is 16.6. The number of hydrogen-bond acceptors (Lipinski definition) is 4. The number of fused-ring (bicyclic) bond motifs is 1. The first-order valence-corrected chi connectivity index (χ1v) is 8.92. The second-order valence-corrected chi connectivity index (χ2v) is 7.53. The van der Waals surface area contributed by atoms with Crippen LogP contribution in [0, 0.1) is 5.41 Å². The van der Waals surface area contributed by atoms with Crippen molar-refractivity contribution in [2.24, 2.45) is 5.41 Å². The minimum Gasteiger partial charge on any atom is -0.349 e. The first-order valence-electron chi connectivity index (χ1n) is 8.92. The molecule has 1 amide bonds. The van der Waals surface area contributed by atoms with Gasteiger partial charge in [-0.2, -0.15) is 5.10 Å². The smallest absolute Gasteiger partial charge is 0.253 e. The number of amides is 1. The lowest BCUT2D eigenvalue weighted by Crippen LogP contribution is -2.44. The molecule has 2 aromatic rings. The molecule has 0 atom stereocenters. The summed E-state index contributed by atoms with van der Waals surface area (Å²) in [5.74, 6) is -0.00303. The van der Waals surface area contributed by atoms with Crippen LogP contribution in [0.25, 0.3) is 5.65 Å². The Morgan fingerprint density at radius 1 is 1.21 bits per heavy atom. The number of likely N-dealkylation sites (tertiary alicyclic amines) is 1. The van der Waals surface area contributed by atoms with Gasteiger partial charge >= 0.3 is 0 Å². The first kappa shape index (κ1) is 15.6. The summed E-state index contributed by atoms with van der Waals surface area (Å²) >= 11 is 0. The Kier molecular flexibility index (Phi) is 4.00. The van der Waals surface area contributed by atoms with E-state index in [4.69, 9.17) is 0 Å². The van der Waals surface area contributed by atoms with Gasteiger partial charge in [0, 0.05) is 12.2 Å². The zero-order valence-corrected chi connectivity index (χ0v) is 14.2. The average Bonchev–Trinajstić information content (AvgIpc) is 3.07. The van der Waals surface area contributed by atoms with E-state index in [1.165, 1.54) is 45.1 Å². The second kappa shape index (κ2) is 6.16. The van der Waals surface area contributed by atoms with Gasteiger partial charge in [-0.15, -0.1) is 0 Å². The van der Waals surface area contributed by atoms with Gasteiger partial charge in [0.25, 0.3) is 5.91 Å². The average molecular weight is 327 g/mol. The highest BCUT2D eigenvalue weighted by Gasteiger charge is 2.37. The van der Waals surface area contributed by atoms with Crippen molar-refractivity contribution in [3.63, 3.8) is 0 Å². The molecule has 2 aliphatic rings. The maximum absolute atomic E-state index is 12.5. The Morgan fingerprint density at radius 3 is 2.71 bits per heavy atom. The van der Waals surface area contributed by atoms with Crippen LogP contribution in [0.4, 0.5) is 0 Å². The highest BCUT2D eigenvalue weighted by Crippen LogP contribution is 2.44. The van der Waals surface area contributed by atoms with E-state index >= 15 is 0 Å². The van der Waals surface area contributed by atoms with Gasteiger partial charge in [-0.3, -0.25) is 4.79 Å². The predicted octanol–water partition coefficient (Wildman–Crippen LogP) is 2.11. The Bertz CT molecular complexity index is 722. The minimum absolute atomic E-state index is 0.00303. The molecule has 6 heteroatoms. The Labute approximate surface area is 142 Å². The van der Waals surface area contributed by atoms with Crippen molar-refractivity contribution in [3.05, 3.63) is 30.2 Å². The SMILES string of the molecule is CN1CCC2(CCC(NC(=O)c3ccc4ncnn4c3)CC2)CC1. The van der Waals surface area contributed by atoms with Crippen molar-refractivity contribution in [3.8, 4) is 0 Å². The van der Waals surface area contributed by atoms with Gasteiger partial charge in [0.05, 0.1) is 5.56 Å². The molecule has 1 aliphatic carbocycles. The fourth-order valence-corrected chi connectivity index (χ4v) is 4.19. The normalized spacial score (nSPS) is 22.0. The van der Waals surface area contributed by atoms with Crippen LogP contribution in [0.1, 0.15) is 48.9 Å². The summed E-state index contributed by atoms with van der Waals surface area (Å²) in [6.45, 7) is 2.43. The molecule has 24 heavy (non-hydrogen) atoms. The largest absolute Gasteiger partial charge is 0.349 e. The Morgan fingerprint density at radius 2 is 1.96 bits per heavy atom. The zero-order valence-electron chi connectivity index (χ0n) is 14.2. The van der Waals surface area contributed by atoms with E-state index in [9.17, 15) is 4.79 Å². The third-order valence-corrected chi connectivity index (χ3v) is 5.97. The number of nitrogens with zero attached hydrogens (tertiary/aromatic N) is 4. The van der Waals surface area contributed by atoms with Gasteiger partial charge in [-0.1, -0.05) is 0 Å². The minimum atomic E-state index is -0.00303. The van der Waals surface area contributed by atoms with Crippen molar-refractivity contribution in [1.82, 2.24) is 24.8 Å². The lowest BCUT2D eigenvalue weighted by atomic mass is 9.67. The highest BCUT2D eigenvalue weighted by molar-refractivity contribution is 5.94. The van der Waals surface area contributed by atoms with Crippen molar-refractivity contribution in [1.29, 1.82) is 0 Å². The molecule has 1 N–H and O–H groups in total. The molecule has 0 unspecified atom stereocenters. The quantitative estimate of drug-likeness (QED) is 0.918. The molecule has 1 aliphatic heterocycles. The maximum atomic E-state index is 12.5. The number of carbonyl (C=O) groups excluding carboxylic acids is 1. The summed E-state index contributed by atoms with van der Waals surface area (Å²) < 4.78 is 1.64. The Balaban J connectivity index is 1.35. The van der Waals surface area contributed by atoms with E-state index in [0.29, 0.717) is 17.0 Å². The van der Waals surface area contributed by atoms with Crippen LogP contribution in [0.3, 0.4) is 0 Å². The summed E-state index contributed by atoms with van der Waals surface area (Å²) in [4.78, 5) is 19.0. The molecular weight excluding hydrogens is 302 g/mol. The van der Waals surface area contributed by atoms with Crippen LogP contribution >= 0.6 is 0 Å². The standard InChI is InChI=1S/C18H25N5O/c1-22-10-8-18(9-11-22)6-4-15(5-7-18)21-17(24)14-2-3-16-19-13-20-23(16)12-14/h2-3,12-13,15H,4-11H2,1H3,(H,21,24). The van der Waals surface area contributed by atoms with E-state index in [-0.39, 0.29) is 5.91 Å². The van der Waals surface area contributed by atoms with Crippen LogP contribution in [-0.4, -0.2) is 51.6 Å². The molecule has 128 valence electrons. The van der Waals surface area contributed by atoms with E-state index in [2.05, 4.69) is 27.3 Å². The molecule has 1 saturated carbocycles. The summed E-state index contributed by atoms with van der Waals surface area (Å²) in [5, 5.41) is 7.31. The lowest BCUT2D eigenvalue weighted by Gasteiger charge is -2.45. The fraction of sp³-hybridized carbons (Fsp3) is 0.611. The van der Waals surface area contributed by atoms with Crippen LogP contribution < -0.4 is 5.32 Å². The summed E-state index contributed by atoms with van der Waals surface area (Å²) in [6, 6.07) is 3.95. The lowest BCUT2D eigenvalue weighted by molar-refractivity contribution is 0.0654. The van der Waals surface area contributed by atoms with Gasteiger partial charge in [-0.25, -0.2) is 9.50 Å². The van der Waals surface area contributed by atoms with E-state index in [0.717, 1.165) is 18.5 Å². The number of pyridine rings is 1. The van der Waals surface area contributed by atoms with Crippen molar-refractivity contribution < 1.29 is 4.79 Å². The van der Waals surface area contributed by atoms with Gasteiger partial charge in [0.2, 0.25) is 0 Å². The molecule has 0 bridgehead atoms. The van der Waals surface area contributed by atoms with Gasteiger partial charge < -0.3 is 10.2 Å². The number of aromatic nitrogens is 3. The van der Waals surface area contributed by atoms with E-state index < -0.39 is 0 Å². The molecule has 4 rings (SSSR count). The van der Waals surface area contributed by atoms with Crippen LogP contribution in [-0.2, 0) is 0 Å². The van der Waals surface area contributed by atoms with Crippen molar-refractivity contribution in [2.75, 3.05) is 20.1 Å². The predicted molar refractivity (Wildman–Crippen MR) is 91.9 cm³/mol. The second-order valence-electron chi connectivity index (χ2n) is 7.53. The molecule has 1 saturated heterocycles. The Hall–Kier alpha value is -1.95. The summed E-state index contributed by atoms with van der Waals surface area (Å²) in [6.07, 6.45) is 10.6. The fourth-order valence-electron chi connectivity index (χ4n) is 4.19. The van der Waals surface area contributed by atoms with Gasteiger partial charge in [0.15, 0.2) is 5.65 Å². The third-order valence-electron chi connectivity index (χ3n) is 5.97. The van der Waals surface area contributed by atoms with E-state index in [1.807, 2.05) is 12.1 Å². The summed E-state index contributed by atoms with van der Waals surface area (Å²) in [7, 11) is 2.21. The molecule has 3 heterocycles. The van der Waals surface area contributed by atoms with Crippen LogP contribution in [0.5, 0.6) is 0 Å². The van der Waals surface area contributed by atoms with Gasteiger partial charge in [-0.05, 0) is 76.2 Å². The number of piperidine rings is 1. The van der Waals surface area contributed by atoms with Crippen LogP contribution in [0.2, 0.25) is 0 Å². The highest BCUT2D eigenvalue weighted by atomic mass is 16.1. The maximum Gasteiger partial charge on any atom is 0.253 e. The molecule has 1 spiro atoms. The van der Waals surface area contributed by atoms with Crippen molar-refractivity contribution in [2.45, 2.75) is 44.6 Å². The third kappa shape index (κ3) is 3.02. The molecule has 0 aromatic carbocycles.